The largest absolute Gasteiger partial charge is 0.0942 e. The molecule has 0 nitrogen and oxygen atoms in total. The molecule has 0 aromatic heterocycles. The van der Waals surface area contributed by atoms with Gasteiger partial charge in [0.2, 0.25) is 0 Å². The zero-order valence-electron chi connectivity index (χ0n) is 17.0. The van der Waals surface area contributed by atoms with E-state index in [0.717, 1.165) is 0 Å². The molecule has 0 aliphatic rings. The Morgan fingerprint density at radius 2 is 0.583 bits per heavy atom. The third kappa shape index (κ3) is 22.7. The Labute approximate surface area is 162 Å². The Morgan fingerprint density at radius 3 is 0.875 bits per heavy atom. The highest BCUT2D eigenvalue weighted by molar-refractivity contribution is 8.76. The third-order valence-corrected chi connectivity index (χ3v) is 7.32. The second-order valence-electron chi connectivity index (χ2n) is 7.30. The predicted molar refractivity (Wildman–Crippen MR) is 119 cm³/mol. The summed E-state index contributed by atoms with van der Waals surface area (Å²) in [4.78, 5) is 0. The van der Waals surface area contributed by atoms with Crippen LogP contribution in [0.3, 0.4) is 0 Å². The molecule has 2 heteroatoms. The fourth-order valence-electron chi connectivity index (χ4n) is 3.06. The van der Waals surface area contributed by atoms with Gasteiger partial charge in [-0.25, -0.2) is 0 Å². The molecule has 0 fully saturated rings. The number of hydrogen-bond acceptors (Lipinski definition) is 2. The summed E-state index contributed by atoms with van der Waals surface area (Å²) in [5.74, 6) is 2.74. The summed E-state index contributed by atoms with van der Waals surface area (Å²) >= 11 is 0. The lowest BCUT2D eigenvalue weighted by atomic mass is 10.1. The predicted octanol–water partition coefficient (Wildman–Crippen LogP) is 9.43. The van der Waals surface area contributed by atoms with Gasteiger partial charge < -0.3 is 0 Å². The number of rotatable bonds is 21. The lowest BCUT2D eigenvalue weighted by Gasteiger charge is -2.03. The van der Waals surface area contributed by atoms with Gasteiger partial charge in [-0.1, -0.05) is 138 Å². The molecule has 0 amide bonds. The van der Waals surface area contributed by atoms with E-state index in [0.29, 0.717) is 0 Å². The summed E-state index contributed by atoms with van der Waals surface area (Å²) in [6.07, 6.45) is 26.1. The van der Waals surface area contributed by atoms with Gasteiger partial charge in [0.05, 0.1) is 0 Å². The Hall–Kier alpha value is 0.700. The van der Waals surface area contributed by atoms with Crippen molar-refractivity contribution < 1.29 is 0 Å². The zero-order chi connectivity index (χ0) is 17.6. The van der Waals surface area contributed by atoms with Crippen molar-refractivity contribution in [3.05, 3.63) is 0 Å². The van der Waals surface area contributed by atoms with E-state index in [-0.39, 0.29) is 0 Å². The molecule has 0 N–H and O–H groups in total. The van der Waals surface area contributed by atoms with Crippen LogP contribution in [0.15, 0.2) is 0 Å². The molecular formula is C22H46S2. The van der Waals surface area contributed by atoms with Crippen molar-refractivity contribution in [2.24, 2.45) is 0 Å². The Kier molecular flexibility index (Phi) is 24.4. The van der Waals surface area contributed by atoms with Gasteiger partial charge in [0, 0.05) is 11.5 Å². The van der Waals surface area contributed by atoms with Crippen LogP contribution >= 0.6 is 21.6 Å². The van der Waals surface area contributed by atoms with Crippen LogP contribution < -0.4 is 0 Å². The average molecular weight is 375 g/mol. The van der Waals surface area contributed by atoms with Gasteiger partial charge in [-0.3, -0.25) is 0 Å². The van der Waals surface area contributed by atoms with Crippen molar-refractivity contribution in [2.75, 3.05) is 11.5 Å². The van der Waals surface area contributed by atoms with E-state index in [9.17, 15) is 0 Å². The van der Waals surface area contributed by atoms with Crippen LogP contribution in [0.5, 0.6) is 0 Å². The lowest BCUT2D eigenvalue weighted by molar-refractivity contribution is 0.555. The van der Waals surface area contributed by atoms with Crippen molar-refractivity contribution in [3.63, 3.8) is 0 Å². The maximum atomic E-state index is 2.30. The molecule has 0 aliphatic carbocycles. The van der Waals surface area contributed by atoms with Crippen molar-refractivity contribution in [2.45, 2.75) is 129 Å². The normalized spacial score (nSPS) is 11.2. The molecule has 0 saturated carbocycles. The molecule has 0 saturated heterocycles. The van der Waals surface area contributed by atoms with Gasteiger partial charge in [-0.2, -0.15) is 0 Å². The molecule has 0 heterocycles. The Balaban J connectivity index is 2.93. The monoisotopic (exact) mass is 374 g/mol. The van der Waals surface area contributed by atoms with Gasteiger partial charge in [-0.05, 0) is 12.8 Å². The first-order valence-electron chi connectivity index (χ1n) is 11.2. The summed E-state index contributed by atoms with van der Waals surface area (Å²) in [7, 11) is 4.24. The molecule has 0 aromatic rings. The second kappa shape index (κ2) is 23.7. The van der Waals surface area contributed by atoms with E-state index < -0.39 is 0 Å². The van der Waals surface area contributed by atoms with Crippen LogP contribution in [0.2, 0.25) is 0 Å². The quantitative estimate of drug-likeness (QED) is 0.145. The van der Waals surface area contributed by atoms with Crippen LogP contribution in [-0.4, -0.2) is 11.5 Å². The summed E-state index contributed by atoms with van der Waals surface area (Å²) < 4.78 is 0. The highest BCUT2D eigenvalue weighted by Gasteiger charge is 1.95. The molecule has 0 aromatic carbocycles. The number of unbranched alkanes of at least 4 members (excludes halogenated alkanes) is 16. The van der Waals surface area contributed by atoms with Crippen LogP contribution in [0.4, 0.5) is 0 Å². The Morgan fingerprint density at radius 1 is 0.333 bits per heavy atom. The topological polar surface area (TPSA) is 0 Å². The highest BCUT2D eigenvalue weighted by Crippen LogP contribution is 2.24. The fourth-order valence-corrected chi connectivity index (χ4v) is 5.36. The minimum Gasteiger partial charge on any atom is -0.0942 e. The van der Waals surface area contributed by atoms with Crippen LogP contribution in [0.25, 0.3) is 0 Å². The molecule has 0 aliphatic heterocycles. The van der Waals surface area contributed by atoms with Crippen molar-refractivity contribution in [1.29, 1.82) is 0 Å². The minimum absolute atomic E-state index is 1.37. The number of hydrogen-bond donors (Lipinski definition) is 0. The van der Waals surface area contributed by atoms with Crippen LogP contribution in [0.1, 0.15) is 129 Å². The maximum Gasteiger partial charge on any atom is 0.00369 e. The maximum absolute atomic E-state index is 2.30. The first-order chi connectivity index (χ1) is 11.9. The van der Waals surface area contributed by atoms with E-state index in [1.165, 1.54) is 127 Å². The highest BCUT2D eigenvalue weighted by atomic mass is 33.1. The smallest absolute Gasteiger partial charge is 0.00369 e. The zero-order valence-corrected chi connectivity index (χ0v) is 18.6. The van der Waals surface area contributed by atoms with E-state index in [1.807, 2.05) is 0 Å². The first kappa shape index (κ1) is 24.7. The van der Waals surface area contributed by atoms with Crippen LogP contribution in [-0.2, 0) is 0 Å². The summed E-state index contributed by atoms with van der Waals surface area (Å²) in [6, 6.07) is 0. The Bertz CT molecular complexity index is 184. The standard InChI is InChI=1S/C22H46S2/c1-3-5-7-9-11-12-13-14-16-18-20-22-24-23-21-19-17-15-10-8-6-4-2/h3-22H2,1-2H3. The minimum atomic E-state index is 1.37. The van der Waals surface area contributed by atoms with Gasteiger partial charge in [0.15, 0.2) is 0 Å². The molecule has 0 unspecified atom stereocenters. The van der Waals surface area contributed by atoms with E-state index >= 15 is 0 Å². The van der Waals surface area contributed by atoms with E-state index in [1.54, 1.807) is 0 Å². The summed E-state index contributed by atoms with van der Waals surface area (Å²) in [5, 5.41) is 0. The summed E-state index contributed by atoms with van der Waals surface area (Å²) in [5.41, 5.74) is 0. The van der Waals surface area contributed by atoms with Gasteiger partial charge >= 0.3 is 0 Å². The fraction of sp³-hybridized carbons (Fsp3) is 1.00. The molecule has 0 spiro atoms. The lowest BCUT2D eigenvalue weighted by Crippen LogP contribution is -1.84. The van der Waals surface area contributed by atoms with E-state index in [4.69, 9.17) is 0 Å². The molecular weight excluding hydrogens is 328 g/mol. The van der Waals surface area contributed by atoms with Gasteiger partial charge in [0.25, 0.3) is 0 Å². The molecule has 24 heavy (non-hydrogen) atoms. The van der Waals surface area contributed by atoms with Crippen molar-refractivity contribution in [3.8, 4) is 0 Å². The van der Waals surface area contributed by atoms with Crippen molar-refractivity contribution in [1.82, 2.24) is 0 Å². The van der Waals surface area contributed by atoms with Crippen molar-refractivity contribution >= 4 is 21.6 Å². The molecule has 0 rings (SSSR count). The third-order valence-electron chi connectivity index (χ3n) is 4.75. The van der Waals surface area contributed by atoms with Crippen LogP contribution in [0, 0.1) is 0 Å². The first-order valence-corrected chi connectivity index (χ1v) is 13.6. The summed E-state index contributed by atoms with van der Waals surface area (Å²) in [6.45, 7) is 4.59. The molecule has 0 radical (unpaired) electrons. The molecule has 0 bridgehead atoms. The second-order valence-corrected chi connectivity index (χ2v) is 10.0. The SMILES string of the molecule is CCCCCCCCCCCCCSSCCCCCCCCC. The van der Waals surface area contributed by atoms with E-state index in [2.05, 4.69) is 35.4 Å². The molecule has 0 atom stereocenters. The average Bonchev–Trinajstić information content (AvgIpc) is 2.60. The molecule has 146 valence electrons. The van der Waals surface area contributed by atoms with Gasteiger partial charge in [0.1, 0.15) is 0 Å². The van der Waals surface area contributed by atoms with Gasteiger partial charge in [-0.15, -0.1) is 0 Å².